The van der Waals surface area contributed by atoms with E-state index in [1.165, 1.54) is 17.9 Å². The Kier molecular flexibility index (Phi) is 5.86. The van der Waals surface area contributed by atoms with Crippen molar-refractivity contribution in [3.8, 4) is 0 Å². The Balaban J connectivity index is 1.79. The first kappa shape index (κ1) is 20.6. The summed E-state index contributed by atoms with van der Waals surface area (Å²) >= 11 is 0. The first-order valence-electron chi connectivity index (χ1n) is 8.76. The van der Waals surface area contributed by atoms with E-state index in [0.717, 1.165) is 12.1 Å². The lowest BCUT2D eigenvalue weighted by Crippen LogP contribution is -2.20. The van der Waals surface area contributed by atoms with Gasteiger partial charge in [0.2, 0.25) is 0 Å². The molecular formula is C20H18F2N6O2. The summed E-state index contributed by atoms with van der Waals surface area (Å²) in [5.41, 5.74) is 0.712. The van der Waals surface area contributed by atoms with Gasteiger partial charge in [-0.15, -0.1) is 0 Å². The Morgan fingerprint density at radius 1 is 1.00 bits per heavy atom. The molecule has 0 aliphatic heterocycles. The van der Waals surface area contributed by atoms with E-state index in [1.54, 1.807) is 31.3 Å². The molecule has 30 heavy (non-hydrogen) atoms. The van der Waals surface area contributed by atoms with Gasteiger partial charge in [0, 0.05) is 31.3 Å². The van der Waals surface area contributed by atoms with Crippen LogP contribution in [0.15, 0.2) is 48.7 Å². The van der Waals surface area contributed by atoms with Gasteiger partial charge < -0.3 is 16.0 Å². The van der Waals surface area contributed by atoms with E-state index in [4.69, 9.17) is 5.41 Å². The molecule has 8 nitrogen and oxygen atoms in total. The van der Waals surface area contributed by atoms with E-state index < -0.39 is 23.4 Å². The number of amidine groups is 1. The summed E-state index contributed by atoms with van der Waals surface area (Å²) in [4.78, 5) is 25.1. The average molecular weight is 412 g/mol. The number of benzene rings is 2. The molecule has 10 heteroatoms. The van der Waals surface area contributed by atoms with Gasteiger partial charge in [-0.3, -0.25) is 19.7 Å². The maximum atomic E-state index is 13.8. The van der Waals surface area contributed by atoms with Crippen LogP contribution in [-0.4, -0.2) is 34.5 Å². The maximum Gasteiger partial charge on any atom is 0.261 e. The topological polar surface area (TPSA) is 112 Å². The van der Waals surface area contributed by atoms with Crippen molar-refractivity contribution in [2.45, 2.75) is 0 Å². The molecule has 0 spiro atoms. The third-order valence-electron chi connectivity index (χ3n) is 4.28. The first-order chi connectivity index (χ1) is 14.3. The van der Waals surface area contributed by atoms with Crippen LogP contribution in [0, 0.1) is 17.0 Å². The summed E-state index contributed by atoms with van der Waals surface area (Å²) in [5, 5.41) is 19.3. The number of rotatable bonds is 5. The zero-order valence-electron chi connectivity index (χ0n) is 16.1. The van der Waals surface area contributed by atoms with Crippen molar-refractivity contribution in [3.05, 3.63) is 77.0 Å². The third kappa shape index (κ3) is 4.32. The second kappa shape index (κ2) is 8.52. The highest BCUT2D eigenvalue weighted by Crippen LogP contribution is 2.20. The summed E-state index contributed by atoms with van der Waals surface area (Å²) in [6.45, 7) is 0. The molecule has 0 saturated carbocycles. The number of aromatic nitrogens is 2. The zero-order chi connectivity index (χ0) is 21.8. The number of amides is 2. The van der Waals surface area contributed by atoms with Crippen molar-refractivity contribution in [2.24, 2.45) is 7.05 Å². The normalized spacial score (nSPS) is 10.4. The number of carbonyl (C=O) groups excluding carboxylic acids is 2. The van der Waals surface area contributed by atoms with Crippen LogP contribution in [-0.2, 0) is 7.05 Å². The summed E-state index contributed by atoms with van der Waals surface area (Å²) in [6, 6.07) is 9.08. The molecule has 0 atom stereocenters. The quantitative estimate of drug-likeness (QED) is 0.381. The van der Waals surface area contributed by atoms with E-state index in [0.29, 0.717) is 17.2 Å². The van der Waals surface area contributed by atoms with Crippen LogP contribution < -0.4 is 16.0 Å². The Bertz CT molecular complexity index is 1120. The number of halogens is 2. The van der Waals surface area contributed by atoms with Gasteiger partial charge in [0.15, 0.2) is 0 Å². The molecule has 0 saturated heterocycles. The highest BCUT2D eigenvalue weighted by molar-refractivity contribution is 6.12. The second-order valence-electron chi connectivity index (χ2n) is 6.27. The number of aryl methyl sites for hydroxylation is 1. The molecule has 0 bridgehead atoms. The minimum Gasteiger partial charge on any atom is -0.373 e. The third-order valence-corrected chi connectivity index (χ3v) is 4.28. The van der Waals surface area contributed by atoms with Crippen molar-refractivity contribution < 1.29 is 18.4 Å². The standard InChI is InChI=1S/C20H18F2N6O2/c1-24-17(23)11-3-5-12(6-4-11)19(29)27-18-14(10-25-28(18)2)20(30)26-16-8-7-13(21)9-15(16)22/h3-10H,1-2H3,(H2,23,24)(H,26,30)(H,27,29). The predicted octanol–water partition coefficient (Wildman–Crippen LogP) is 2.75. The molecule has 2 amide bonds. The number of nitrogens with zero attached hydrogens (tertiary/aromatic N) is 2. The van der Waals surface area contributed by atoms with Gasteiger partial charge in [0.25, 0.3) is 11.8 Å². The average Bonchev–Trinajstić information content (AvgIpc) is 3.09. The van der Waals surface area contributed by atoms with Crippen LogP contribution in [0.5, 0.6) is 0 Å². The van der Waals surface area contributed by atoms with E-state index in [9.17, 15) is 18.4 Å². The van der Waals surface area contributed by atoms with Crippen molar-refractivity contribution >= 4 is 29.2 Å². The fourth-order valence-corrected chi connectivity index (χ4v) is 2.64. The van der Waals surface area contributed by atoms with Crippen LogP contribution in [0.25, 0.3) is 0 Å². The van der Waals surface area contributed by atoms with Gasteiger partial charge >= 0.3 is 0 Å². The summed E-state index contributed by atoms with van der Waals surface area (Å²) in [7, 11) is 3.15. The summed E-state index contributed by atoms with van der Waals surface area (Å²) < 4.78 is 28.1. The maximum absolute atomic E-state index is 13.8. The Morgan fingerprint density at radius 3 is 2.30 bits per heavy atom. The van der Waals surface area contributed by atoms with Gasteiger partial charge in [0.1, 0.15) is 28.9 Å². The molecule has 1 heterocycles. The smallest absolute Gasteiger partial charge is 0.261 e. The molecule has 1 aromatic heterocycles. The van der Waals surface area contributed by atoms with Gasteiger partial charge in [-0.1, -0.05) is 12.1 Å². The largest absolute Gasteiger partial charge is 0.373 e. The molecular weight excluding hydrogens is 394 g/mol. The van der Waals surface area contributed by atoms with E-state index in [2.05, 4.69) is 21.0 Å². The summed E-state index contributed by atoms with van der Waals surface area (Å²) in [5.74, 6) is -2.60. The molecule has 4 N–H and O–H groups in total. The minimum absolute atomic E-state index is 0.00292. The Hall–Kier alpha value is -4.08. The molecule has 0 aliphatic rings. The number of hydrogen-bond acceptors (Lipinski definition) is 4. The molecule has 0 fully saturated rings. The molecule has 0 aliphatic carbocycles. The minimum atomic E-state index is -0.926. The van der Waals surface area contributed by atoms with Gasteiger partial charge in [-0.05, 0) is 24.3 Å². The van der Waals surface area contributed by atoms with Gasteiger partial charge in [-0.25, -0.2) is 8.78 Å². The lowest BCUT2D eigenvalue weighted by atomic mass is 10.1. The highest BCUT2D eigenvalue weighted by Gasteiger charge is 2.20. The van der Waals surface area contributed by atoms with Crippen molar-refractivity contribution in [3.63, 3.8) is 0 Å². The molecule has 0 unspecified atom stereocenters. The molecule has 3 rings (SSSR count). The van der Waals surface area contributed by atoms with Crippen LogP contribution >= 0.6 is 0 Å². The van der Waals surface area contributed by atoms with Crippen molar-refractivity contribution in [1.29, 1.82) is 5.41 Å². The number of carbonyl (C=O) groups is 2. The number of anilines is 2. The van der Waals surface area contributed by atoms with Crippen LogP contribution in [0.3, 0.4) is 0 Å². The monoisotopic (exact) mass is 412 g/mol. The second-order valence-corrected chi connectivity index (χ2v) is 6.27. The summed E-state index contributed by atoms with van der Waals surface area (Å²) in [6.07, 6.45) is 1.23. The lowest BCUT2D eigenvalue weighted by molar-refractivity contribution is 0.102. The van der Waals surface area contributed by atoms with Gasteiger partial charge in [0.05, 0.1) is 11.9 Å². The molecule has 2 aromatic carbocycles. The number of hydrogen-bond donors (Lipinski definition) is 4. The first-order valence-corrected chi connectivity index (χ1v) is 8.76. The van der Waals surface area contributed by atoms with Gasteiger partial charge in [-0.2, -0.15) is 5.10 Å². The Morgan fingerprint density at radius 2 is 1.67 bits per heavy atom. The van der Waals surface area contributed by atoms with Crippen molar-refractivity contribution in [2.75, 3.05) is 17.7 Å². The SMILES string of the molecule is CNC(=N)c1ccc(C(=O)Nc2c(C(=O)Nc3ccc(F)cc3F)cnn2C)cc1. The zero-order valence-corrected chi connectivity index (χ0v) is 16.1. The highest BCUT2D eigenvalue weighted by atomic mass is 19.1. The van der Waals surface area contributed by atoms with Crippen molar-refractivity contribution in [1.82, 2.24) is 15.1 Å². The Labute approximate surface area is 170 Å². The molecule has 3 aromatic rings. The van der Waals surface area contributed by atoms with Crippen LogP contribution in [0.2, 0.25) is 0 Å². The lowest BCUT2D eigenvalue weighted by Gasteiger charge is -2.10. The van der Waals surface area contributed by atoms with E-state index in [1.807, 2.05) is 0 Å². The predicted molar refractivity (Wildman–Crippen MR) is 108 cm³/mol. The van der Waals surface area contributed by atoms with Crippen LogP contribution in [0.1, 0.15) is 26.3 Å². The fraction of sp³-hybridized carbons (Fsp3) is 0.100. The fourth-order valence-electron chi connectivity index (χ4n) is 2.64. The molecule has 154 valence electrons. The van der Waals surface area contributed by atoms with E-state index >= 15 is 0 Å². The van der Waals surface area contributed by atoms with Crippen LogP contribution in [0.4, 0.5) is 20.3 Å². The number of nitrogens with one attached hydrogen (secondary N) is 4. The molecule has 0 radical (unpaired) electrons. The van der Waals surface area contributed by atoms with E-state index in [-0.39, 0.29) is 22.9 Å².